The Hall–Kier alpha value is -2.12. The van der Waals surface area contributed by atoms with Crippen molar-refractivity contribution < 1.29 is 19.0 Å². The molecule has 0 bridgehead atoms. The second kappa shape index (κ2) is 8.05. The minimum Gasteiger partial charge on any atom is -0.478 e. The van der Waals surface area contributed by atoms with Crippen molar-refractivity contribution >= 4 is 0 Å². The van der Waals surface area contributed by atoms with Gasteiger partial charge >= 0.3 is 6.01 Å². The normalized spacial score (nSPS) is 17.2. The maximum atomic E-state index is 11.2. The highest BCUT2D eigenvalue weighted by atomic mass is 16.5. The summed E-state index contributed by atoms with van der Waals surface area (Å²) >= 11 is 0. The molecule has 2 aromatic rings. The van der Waals surface area contributed by atoms with E-state index < -0.39 is 5.60 Å². The Kier molecular flexibility index (Phi) is 5.78. The Bertz CT molecular complexity index is 723. The molecule has 7 nitrogen and oxygen atoms in total. The van der Waals surface area contributed by atoms with Crippen molar-refractivity contribution in [1.82, 2.24) is 14.9 Å². The third-order valence-corrected chi connectivity index (χ3v) is 4.65. The van der Waals surface area contributed by atoms with Crippen LogP contribution in [0.25, 0.3) is 0 Å². The van der Waals surface area contributed by atoms with E-state index in [9.17, 15) is 5.11 Å². The Balaban J connectivity index is 1.71. The lowest BCUT2D eigenvalue weighted by Crippen LogP contribution is -2.42. The zero-order chi connectivity index (χ0) is 18.6. The van der Waals surface area contributed by atoms with Crippen LogP contribution in [0.15, 0.2) is 22.7 Å². The number of rotatable bonds is 7. The Morgan fingerprint density at radius 2 is 1.92 bits per heavy atom. The van der Waals surface area contributed by atoms with Crippen LogP contribution in [0.3, 0.4) is 0 Å². The second-order valence-corrected chi connectivity index (χ2v) is 6.56. The molecule has 1 aliphatic heterocycles. The third-order valence-electron chi connectivity index (χ3n) is 4.65. The fourth-order valence-electron chi connectivity index (χ4n) is 3.26. The highest BCUT2D eigenvalue weighted by molar-refractivity contribution is 5.32. The number of piperidine rings is 1. The van der Waals surface area contributed by atoms with Gasteiger partial charge in [0.2, 0.25) is 5.88 Å². The van der Waals surface area contributed by atoms with Crippen molar-refractivity contribution in [2.45, 2.75) is 45.8 Å². The van der Waals surface area contributed by atoms with Crippen LogP contribution in [-0.2, 0) is 12.1 Å². The maximum Gasteiger partial charge on any atom is 0.319 e. The summed E-state index contributed by atoms with van der Waals surface area (Å²) in [6.45, 7) is 8.93. The predicted octanol–water partition coefficient (Wildman–Crippen LogP) is 2.66. The topological polar surface area (TPSA) is 80.9 Å². The van der Waals surface area contributed by atoms with Crippen LogP contribution >= 0.6 is 0 Å². The molecule has 3 heterocycles. The summed E-state index contributed by atoms with van der Waals surface area (Å²) in [7, 11) is 0. The zero-order valence-electron chi connectivity index (χ0n) is 15.7. The number of nitrogens with zero attached hydrogens (tertiary/aromatic N) is 3. The molecule has 142 valence electrons. The maximum absolute atomic E-state index is 11.2. The monoisotopic (exact) mass is 361 g/mol. The van der Waals surface area contributed by atoms with Crippen LogP contribution < -0.4 is 9.47 Å². The van der Waals surface area contributed by atoms with Crippen LogP contribution in [0.4, 0.5) is 0 Å². The molecule has 0 unspecified atom stereocenters. The van der Waals surface area contributed by atoms with Crippen LogP contribution in [0.1, 0.15) is 43.8 Å². The molecule has 0 radical (unpaired) electrons. The molecule has 0 atom stereocenters. The molecule has 0 saturated carbocycles. The smallest absolute Gasteiger partial charge is 0.319 e. The van der Waals surface area contributed by atoms with E-state index in [1.165, 1.54) is 0 Å². The van der Waals surface area contributed by atoms with Gasteiger partial charge in [0.15, 0.2) is 0 Å². The molecule has 0 amide bonds. The SMILES string of the molecule is CCOc1ncc(C2(O)CCN(Cc3ccc(C)o3)CC2)c(OCC)n1. The van der Waals surface area contributed by atoms with E-state index in [2.05, 4.69) is 14.9 Å². The summed E-state index contributed by atoms with van der Waals surface area (Å²) in [6.07, 6.45) is 2.81. The molecule has 1 aliphatic rings. The summed E-state index contributed by atoms with van der Waals surface area (Å²) < 4.78 is 16.7. The molecule has 0 spiro atoms. The van der Waals surface area contributed by atoms with E-state index in [1.54, 1.807) is 6.20 Å². The molecule has 3 rings (SSSR count). The van der Waals surface area contributed by atoms with Crippen molar-refractivity contribution in [1.29, 1.82) is 0 Å². The van der Waals surface area contributed by atoms with Gasteiger partial charge in [0.1, 0.15) is 11.5 Å². The van der Waals surface area contributed by atoms with Crippen LogP contribution in [0.5, 0.6) is 11.9 Å². The number of likely N-dealkylation sites (tertiary alicyclic amines) is 1. The van der Waals surface area contributed by atoms with E-state index in [4.69, 9.17) is 13.9 Å². The first-order valence-corrected chi connectivity index (χ1v) is 9.17. The van der Waals surface area contributed by atoms with Gasteiger partial charge in [-0.2, -0.15) is 4.98 Å². The quantitative estimate of drug-likeness (QED) is 0.812. The molecular weight excluding hydrogens is 334 g/mol. The average Bonchev–Trinajstić information content (AvgIpc) is 3.03. The molecule has 0 aliphatic carbocycles. The number of hydrogen-bond acceptors (Lipinski definition) is 7. The first-order valence-electron chi connectivity index (χ1n) is 9.17. The standard InChI is InChI=1S/C19H27N3O4/c1-4-24-17-16(12-20-18(21-17)25-5-2)19(23)8-10-22(11-9-19)13-15-7-6-14(3)26-15/h6-7,12,23H,4-5,8-11,13H2,1-3H3. The highest BCUT2D eigenvalue weighted by Crippen LogP contribution is 2.37. The lowest BCUT2D eigenvalue weighted by atomic mass is 9.85. The summed E-state index contributed by atoms with van der Waals surface area (Å²) in [6, 6.07) is 4.25. The summed E-state index contributed by atoms with van der Waals surface area (Å²) in [4.78, 5) is 10.8. The lowest BCUT2D eigenvalue weighted by Gasteiger charge is -2.38. The molecule has 0 aromatic carbocycles. The molecule has 1 saturated heterocycles. The van der Waals surface area contributed by atoms with Gasteiger partial charge in [-0.3, -0.25) is 4.90 Å². The first kappa shape index (κ1) is 18.7. The minimum absolute atomic E-state index is 0.272. The molecule has 1 fully saturated rings. The largest absolute Gasteiger partial charge is 0.478 e. The van der Waals surface area contributed by atoms with Gasteiger partial charge in [-0.25, -0.2) is 4.98 Å². The van der Waals surface area contributed by atoms with E-state index in [1.807, 2.05) is 32.9 Å². The van der Waals surface area contributed by atoms with E-state index in [0.717, 1.165) is 31.2 Å². The predicted molar refractivity (Wildman–Crippen MR) is 96.2 cm³/mol. The number of ether oxygens (including phenoxy) is 2. The van der Waals surface area contributed by atoms with Gasteiger partial charge in [-0.1, -0.05) is 0 Å². The number of aryl methyl sites for hydroxylation is 1. The van der Waals surface area contributed by atoms with Crippen molar-refractivity contribution in [2.75, 3.05) is 26.3 Å². The molecule has 2 aromatic heterocycles. The van der Waals surface area contributed by atoms with E-state index in [0.29, 0.717) is 37.5 Å². The summed E-state index contributed by atoms with van der Waals surface area (Å²) in [5.74, 6) is 2.28. The van der Waals surface area contributed by atoms with E-state index in [-0.39, 0.29) is 6.01 Å². The van der Waals surface area contributed by atoms with E-state index >= 15 is 0 Å². The van der Waals surface area contributed by atoms with Crippen molar-refractivity contribution in [3.05, 3.63) is 35.4 Å². The van der Waals surface area contributed by atoms with Gasteiger partial charge < -0.3 is 19.0 Å². The summed E-state index contributed by atoms with van der Waals surface area (Å²) in [5.41, 5.74) is -0.360. The molecule has 26 heavy (non-hydrogen) atoms. The third kappa shape index (κ3) is 4.16. The van der Waals surface area contributed by atoms with Gasteiger partial charge in [-0.05, 0) is 45.7 Å². The zero-order valence-corrected chi connectivity index (χ0v) is 15.7. The molecule has 7 heteroatoms. The van der Waals surface area contributed by atoms with Crippen molar-refractivity contribution in [3.8, 4) is 11.9 Å². The Morgan fingerprint density at radius 3 is 2.54 bits per heavy atom. The second-order valence-electron chi connectivity index (χ2n) is 6.56. The highest BCUT2D eigenvalue weighted by Gasteiger charge is 2.37. The van der Waals surface area contributed by atoms with Gasteiger partial charge in [0.25, 0.3) is 0 Å². The fraction of sp³-hybridized carbons (Fsp3) is 0.579. The van der Waals surface area contributed by atoms with Crippen molar-refractivity contribution in [2.24, 2.45) is 0 Å². The number of aromatic nitrogens is 2. The van der Waals surface area contributed by atoms with Crippen molar-refractivity contribution in [3.63, 3.8) is 0 Å². The number of furan rings is 1. The van der Waals surface area contributed by atoms with Gasteiger partial charge in [0.05, 0.1) is 30.9 Å². The van der Waals surface area contributed by atoms with Crippen LogP contribution in [-0.4, -0.2) is 46.3 Å². The first-order chi connectivity index (χ1) is 12.5. The fourth-order valence-corrected chi connectivity index (χ4v) is 3.26. The Labute approximate surface area is 154 Å². The number of hydrogen-bond donors (Lipinski definition) is 1. The Morgan fingerprint density at radius 1 is 1.19 bits per heavy atom. The van der Waals surface area contributed by atoms with Crippen LogP contribution in [0.2, 0.25) is 0 Å². The lowest BCUT2D eigenvalue weighted by molar-refractivity contribution is -0.0315. The van der Waals surface area contributed by atoms with Gasteiger partial charge in [-0.15, -0.1) is 0 Å². The van der Waals surface area contributed by atoms with Gasteiger partial charge in [0, 0.05) is 19.3 Å². The van der Waals surface area contributed by atoms with Crippen LogP contribution in [0, 0.1) is 6.92 Å². The number of aliphatic hydroxyl groups is 1. The minimum atomic E-state index is -0.995. The summed E-state index contributed by atoms with van der Waals surface area (Å²) in [5, 5.41) is 11.2. The molecular formula is C19H27N3O4. The molecule has 1 N–H and O–H groups in total. The average molecular weight is 361 g/mol.